The molecule has 0 aliphatic rings. The summed E-state index contributed by atoms with van der Waals surface area (Å²) in [6, 6.07) is 13.1. The summed E-state index contributed by atoms with van der Waals surface area (Å²) in [5, 5.41) is 0. The molecule has 0 fully saturated rings. The number of hydrogen-bond donors (Lipinski definition) is 1. The summed E-state index contributed by atoms with van der Waals surface area (Å²) >= 11 is 0. The van der Waals surface area contributed by atoms with Crippen LogP contribution in [0.5, 0.6) is 0 Å². The Morgan fingerprint density at radius 1 is 1.09 bits per heavy atom. The number of hydrogen-bond acceptors (Lipinski definition) is 4. The van der Waals surface area contributed by atoms with Crippen molar-refractivity contribution in [3.8, 4) is 0 Å². The molecule has 0 radical (unpaired) electrons. The summed E-state index contributed by atoms with van der Waals surface area (Å²) in [6.07, 6.45) is 1.43. The van der Waals surface area contributed by atoms with Gasteiger partial charge >= 0.3 is 0 Å². The number of carbonyl (C=O) groups is 1. The van der Waals surface area contributed by atoms with Crippen LogP contribution in [0, 0.1) is 12.8 Å². The molecule has 1 N–H and O–H groups in total. The van der Waals surface area contributed by atoms with Gasteiger partial charge < -0.3 is 9.80 Å². The molecule has 6 nitrogen and oxygen atoms in total. The molecule has 0 spiro atoms. The van der Waals surface area contributed by atoms with E-state index in [1.807, 2.05) is 74.1 Å². The third-order valence-electron chi connectivity index (χ3n) is 5.10. The zero-order valence-electron chi connectivity index (χ0n) is 20.2. The van der Waals surface area contributed by atoms with Crippen LogP contribution in [0.2, 0.25) is 0 Å². The molecule has 2 aromatic rings. The van der Waals surface area contributed by atoms with Crippen LogP contribution >= 0.6 is 0 Å². The van der Waals surface area contributed by atoms with Crippen molar-refractivity contribution in [2.45, 2.75) is 47.1 Å². The minimum absolute atomic E-state index is 0.0268. The van der Waals surface area contributed by atoms with Crippen LogP contribution in [0.15, 0.2) is 42.5 Å². The van der Waals surface area contributed by atoms with Crippen LogP contribution in [-0.4, -0.2) is 45.6 Å². The lowest BCUT2D eigenvalue weighted by atomic mass is 10.1. The van der Waals surface area contributed by atoms with Crippen LogP contribution in [-0.2, 0) is 16.6 Å². The lowest BCUT2D eigenvalue weighted by Gasteiger charge is -2.28. The third-order valence-corrected chi connectivity index (χ3v) is 6.47. The van der Waals surface area contributed by atoms with Crippen molar-refractivity contribution in [1.29, 1.82) is 0 Å². The zero-order chi connectivity index (χ0) is 23.9. The van der Waals surface area contributed by atoms with E-state index < -0.39 is 10.0 Å². The molecule has 0 saturated carbocycles. The quantitative estimate of drug-likeness (QED) is 0.519. The molecule has 0 heterocycles. The van der Waals surface area contributed by atoms with E-state index in [9.17, 15) is 13.2 Å². The zero-order valence-corrected chi connectivity index (χ0v) is 21.0. The van der Waals surface area contributed by atoms with Gasteiger partial charge in [-0.1, -0.05) is 44.9 Å². The van der Waals surface area contributed by atoms with Gasteiger partial charge in [0.1, 0.15) is 0 Å². The van der Waals surface area contributed by atoms with Crippen LogP contribution in [0.4, 0.5) is 11.4 Å². The second-order valence-electron chi connectivity index (χ2n) is 8.96. The van der Waals surface area contributed by atoms with Crippen molar-refractivity contribution in [2.24, 2.45) is 5.92 Å². The van der Waals surface area contributed by atoms with Gasteiger partial charge in [-0.15, -0.1) is 0 Å². The molecule has 176 valence electrons. The molecule has 0 unspecified atom stereocenters. The lowest BCUT2D eigenvalue weighted by molar-refractivity contribution is 0.0723. The molecule has 0 saturated heterocycles. The smallest absolute Gasteiger partial charge is 0.254 e. The molecule has 32 heavy (non-hydrogen) atoms. The normalized spacial score (nSPS) is 11.5. The van der Waals surface area contributed by atoms with Gasteiger partial charge in [0.25, 0.3) is 5.91 Å². The second-order valence-corrected chi connectivity index (χ2v) is 10.8. The molecular formula is C25H37N3O3S. The van der Waals surface area contributed by atoms with Crippen molar-refractivity contribution >= 4 is 27.3 Å². The fourth-order valence-corrected chi connectivity index (χ4v) is 4.86. The van der Waals surface area contributed by atoms with Crippen molar-refractivity contribution in [3.63, 3.8) is 0 Å². The topological polar surface area (TPSA) is 69.7 Å². The Kier molecular flexibility index (Phi) is 9.13. The second kappa shape index (κ2) is 11.4. The fraction of sp³-hybridized carbons (Fsp3) is 0.480. The molecule has 0 aliphatic carbocycles. The van der Waals surface area contributed by atoms with Crippen molar-refractivity contribution < 1.29 is 13.2 Å². The van der Waals surface area contributed by atoms with Gasteiger partial charge in [-0.25, -0.2) is 8.42 Å². The molecule has 1 amide bonds. The average Bonchev–Trinajstić information content (AvgIpc) is 2.70. The van der Waals surface area contributed by atoms with Gasteiger partial charge in [0.15, 0.2) is 0 Å². The van der Waals surface area contributed by atoms with Crippen molar-refractivity contribution in [3.05, 3.63) is 59.2 Å². The monoisotopic (exact) mass is 459 g/mol. The van der Waals surface area contributed by atoms with Crippen LogP contribution in [0.1, 0.15) is 55.1 Å². The molecule has 0 atom stereocenters. The van der Waals surface area contributed by atoms with E-state index in [1.54, 1.807) is 6.07 Å². The Hall–Kier alpha value is -2.54. The minimum atomic E-state index is -3.40. The summed E-state index contributed by atoms with van der Waals surface area (Å²) in [5.74, 6) is 0.364. The first-order valence-electron chi connectivity index (χ1n) is 11.2. The summed E-state index contributed by atoms with van der Waals surface area (Å²) in [5.41, 5.74) is 4.07. The fourth-order valence-electron chi connectivity index (χ4n) is 3.60. The van der Waals surface area contributed by atoms with Crippen molar-refractivity contribution in [2.75, 3.05) is 36.0 Å². The van der Waals surface area contributed by atoms with E-state index in [2.05, 4.69) is 18.6 Å². The first kappa shape index (κ1) is 25.7. The number of amides is 1. The molecular weight excluding hydrogens is 422 g/mol. The average molecular weight is 460 g/mol. The summed E-state index contributed by atoms with van der Waals surface area (Å²) in [4.78, 5) is 17.2. The maximum absolute atomic E-state index is 13.4. The van der Waals surface area contributed by atoms with E-state index >= 15 is 0 Å². The van der Waals surface area contributed by atoms with Crippen LogP contribution < -0.4 is 9.62 Å². The Morgan fingerprint density at radius 2 is 1.81 bits per heavy atom. The molecule has 2 aromatic carbocycles. The van der Waals surface area contributed by atoms with Gasteiger partial charge in [0.2, 0.25) is 10.0 Å². The number of unbranched alkanes of at least 4 members (excludes halogenated alkanes) is 1. The molecule has 0 bridgehead atoms. The maximum atomic E-state index is 13.4. The highest BCUT2D eigenvalue weighted by Crippen LogP contribution is 2.26. The summed E-state index contributed by atoms with van der Waals surface area (Å²) in [6.45, 7) is 9.11. The highest BCUT2D eigenvalue weighted by atomic mass is 32.2. The molecule has 2 rings (SSSR count). The SMILES string of the molecule is CCCCS(=O)(=O)Nc1ccc(N(C)C)c(CN(CC(C)C)C(=O)c2cccc(C)c2)c1. The third kappa shape index (κ3) is 7.55. The predicted molar refractivity (Wildman–Crippen MR) is 134 cm³/mol. The lowest BCUT2D eigenvalue weighted by Crippen LogP contribution is -2.34. The highest BCUT2D eigenvalue weighted by Gasteiger charge is 2.20. The first-order chi connectivity index (χ1) is 15.0. The number of anilines is 2. The largest absolute Gasteiger partial charge is 0.377 e. The van der Waals surface area contributed by atoms with Gasteiger partial charge in [-0.3, -0.25) is 9.52 Å². The standard InChI is InChI=1S/C25H37N3O3S/c1-7-8-14-32(30,31)26-23-12-13-24(27(5)6)22(16-23)18-28(17-19(2)3)25(29)21-11-9-10-20(4)15-21/h9-13,15-16,19,26H,7-8,14,17-18H2,1-6H3. The van der Waals surface area contributed by atoms with E-state index in [1.165, 1.54) is 0 Å². The first-order valence-corrected chi connectivity index (χ1v) is 12.8. The van der Waals surface area contributed by atoms with E-state index in [0.717, 1.165) is 23.2 Å². The number of carbonyl (C=O) groups excluding carboxylic acids is 1. The number of nitrogens with zero attached hydrogens (tertiary/aromatic N) is 2. The number of aryl methyl sites for hydroxylation is 1. The molecule has 0 aliphatic heterocycles. The number of nitrogens with one attached hydrogen (secondary N) is 1. The summed E-state index contributed by atoms with van der Waals surface area (Å²) < 4.78 is 27.5. The highest BCUT2D eigenvalue weighted by molar-refractivity contribution is 7.92. The van der Waals surface area contributed by atoms with E-state index in [4.69, 9.17) is 0 Å². The van der Waals surface area contributed by atoms with Gasteiger partial charge in [0.05, 0.1) is 5.75 Å². The Balaban J connectivity index is 2.39. The maximum Gasteiger partial charge on any atom is 0.254 e. The van der Waals surface area contributed by atoms with E-state index in [-0.39, 0.29) is 11.7 Å². The molecule has 0 aromatic heterocycles. The van der Waals surface area contributed by atoms with Gasteiger partial charge in [-0.05, 0) is 55.2 Å². The summed E-state index contributed by atoms with van der Waals surface area (Å²) in [7, 11) is 0.485. The van der Waals surface area contributed by atoms with E-state index in [0.29, 0.717) is 36.7 Å². The van der Waals surface area contributed by atoms with Crippen LogP contribution in [0.25, 0.3) is 0 Å². The Bertz CT molecular complexity index is 1020. The minimum Gasteiger partial charge on any atom is -0.377 e. The number of sulfonamides is 1. The van der Waals surface area contributed by atoms with Crippen LogP contribution in [0.3, 0.4) is 0 Å². The van der Waals surface area contributed by atoms with Gasteiger partial charge in [0, 0.05) is 44.1 Å². The predicted octanol–water partition coefficient (Wildman–Crippen LogP) is 4.90. The Morgan fingerprint density at radius 3 is 2.41 bits per heavy atom. The number of benzene rings is 2. The number of rotatable bonds is 11. The molecule has 7 heteroatoms. The van der Waals surface area contributed by atoms with Gasteiger partial charge in [-0.2, -0.15) is 0 Å². The Labute approximate surface area is 193 Å². The van der Waals surface area contributed by atoms with Crippen molar-refractivity contribution in [1.82, 2.24) is 4.90 Å².